The number of guanidine groups is 1. The average molecular weight is 151 g/mol. The molecule has 0 fully saturated rings. The van der Waals surface area contributed by atoms with Gasteiger partial charge in [0.2, 0.25) is 5.96 Å². The van der Waals surface area contributed by atoms with E-state index < -0.39 is 0 Å². The summed E-state index contributed by atoms with van der Waals surface area (Å²) in [5, 5.41) is 0. The molecule has 0 unspecified atom stereocenters. The van der Waals surface area contributed by atoms with Crippen molar-refractivity contribution in [2.75, 3.05) is 12.5 Å². The van der Waals surface area contributed by atoms with E-state index in [0.29, 0.717) is 5.96 Å². The average Bonchev–Trinajstić information content (AvgIpc) is 1.68. The zero-order valence-electron chi connectivity index (χ0n) is 4.84. The molecule has 0 radical (unpaired) electrons. The van der Waals surface area contributed by atoms with E-state index in [2.05, 4.69) is 9.12 Å². The smallest absolute Gasteiger partial charge is 0.210 e. The van der Waals surface area contributed by atoms with Crippen LogP contribution in [0.25, 0.3) is 0 Å². The summed E-state index contributed by atoms with van der Waals surface area (Å²) >= 11 is 2.77. The minimum Gasteiger partial charge on any atom is -0.369 e. The van der Waals surface area contributed by atoms with Crippen molar-refractivity contribution in [3.63, 3.8) is 0 Å². The fourth-order valence-electron chi connectivity index (χ4n) is 0.222. The number of hydrogen-bond donors (Lipinski definition) is 2. The SMILES string of the molecule is CSN=C(N)NSC. The van der Waals surface area contributed by atoms with Gasteiger partial charge in [-0.25, -0.2) is 0 Å². The molecule has 0 spiro atoms. The molecular weight excluding hydrogens is 142 g/mol. The van der Waals surface area contributed by atoms with E-state index >= 15 is 0 Å². The monoisotopic (exact) mass is 151 g/mol. The zero-order valence-corrected chi connectivity index (χ0v) is 6.47. The Labute approximate surface area is 57.8 Å². The molecule has 0 amide bonds. The van der Waals surface area contributed by atoms with Crippen LogP contribution in [0, 0.1) is 0 Å². The molecule has 3 N–H and O–H groups in total. The van der Waals surface area contributed by atoms with Crippen molar-refractivity contribution in [2.45, 2.75) is 0 Å². The lowest BCUT2D eigenvalue weighted by Crippen LogP contribution is -2.24. The van der Waals surface area contributed by atoms with E-state index in [9.17, 15) is 0 Å². The highest BCUT2D eigenvalue weighted by Gasteiger charge is 1.82. The lowest BCUT2D eigenvalue weighted by atomic mass is 11.1. The number of hydrogen-bond acceptors (Lipinski definition) is 3. The van der Waals surface area contributed by atoms with Crippen LogP contribution in [0.15, 0.2) is 4.40 Å². The van der Waals surface area contributed by atoms with E-state index in [1.165, 1.54) is 23.9 Å². The number of rotatable bonds is 2. The van der Waals surface area contributed by atoms with Crippen LogP contribution >= 0.6 is 23.9 Å². The van der Waals surface area contributed by atoms with E-state index in [0.717, 1.165) is 0 Å². The molecule has 0 saturated carbocycles. The summed E-state index contributed by atoms with van der Waals surface area (Å²) in [5.74, 6) is 0.463. The van der Waals surface area contributed by atoms with Gasteiger partial charge in [0.05, 0.1) is 0 Å². The first-order valence-electron chi connectivity index (χ1n) is 1.97. The third kappa shape index (κ3) is 4.14. The first-order chi connectivity index (χ1) is 3.81. The van der Waals surface area contributed by atoms with Gasteiger partial charge in [-0.3, -0.25) is 0 Å². The Morgan fingerprint density at radius 2 is 2.25 bits per heavy atom. The van der Waals surface area contributed by atoms with E-state index in [4.69, 9.17) is 5.73 Å². The maximum Gasteiger partial charge on any atom is 0.210 e. The highest BCUT2D eigenvalue weighted by atomic mass is 32.2. The number of nitrogens with zero attached hydrogens (tertiary/aromatic N) is 1. The molecule has 0 aliphatic carbocycles. The molecule has 0 aliphatic rings. The second-order valence-electron chi connectivity index (χ2n) is 0.965. The first-order valence-corrected chi connectivity index (χ1v) is 4.37. The van der Waals surface area contributed by atoms with Gasteiger partial charge in [-0.05, 0) is 11.9 Å². The second-order valence-corrected chi connectivity index (χ2v) is 2.13. The highest BCUT2D eigenvalue weighted by Crippen LogP contribution is 1.91. The predicted octanol–water partition coefficient (Wildman–Crippen LogP) is 0.447. The highest BCUT2D eigenvalue weighted by molar-refractivity contribution is 7.98. The lowest BCUT2D eigenvalue weighted by molar-refractivity contribution is 1.43. The molecule has 0 aromatic rings. The number of nitrogens with two attached hydrogens (primary N) is 1. The van der Waals surface area contributed by atoms with Crippen molar-refractivity contribution in [1.29, 1.82) is 0 Å². The van der Waals surface area contributed by atoms with Crippen molar-refractivity contribution < 1.29 is 0 Å². The molecule has 0 heterocycles. The van der Waals surface area contributed by atoms with Gasteiger partial charge in [0.15, 0.2) is 0 Å². The van der Waals surface area contributed by atoms with E-state index in [1.54, 1.807) is 0 Å². The Morgan fingerprint density at radius 3 is 2.62 bits per heavy atom. The Hall–Kier alpha value is -0.0300. The van der Waals surface area contributed by atoms with Crippen molar-refractivity contribution in [2.24, 2.45) is 10.1 Å². The van der Waals surface area contributed by atoms with Gasteiger partial charge in [0.25, 0.3) is 0 Å². The molecule has 5 heteroatoms. The summed E-state index contributed by atoms with van der Waals surface area (Å²) in [5.41, 5.74) is 5.29. The maximum absolute atomic E-state index is 5.29. The normalized spacial score (nSPS) is 11.5. The minimum atomic E-state index is 0.463. The summed E-state index contributed by atoms with van der Waals surface area (Å²) in [6.45, 7) is 0. The molecule has 0 saturated heterocycles. The summed E-state index contributed by atoms with van der Waals surface area (Å²) in [7, 11) is 0. The van der Waals surface area contributed by atoms with Gasteiger partial charge in [0.1, 0.15) is 0 Å². The van der Waals surface area contributed by atoms with Gasteiger partial charge < -0.3 is 10.5 Å². The summed E-state index contributed by atoms with van der Waals surface area (Å²) < 4.78 is 6.56. The van der Waals surface area contributed by atoms with Crippen molar-refractivity contribution in [3.05, 3.63) is 0 Å². The third-order valence-corrected chi connectivity index (χ3v) is 1.19. The quantitative estimate of drug-likeness (QED) is 0.342. The van der Waals surface area contributed by atoms with Crippen LogP contribution in [0.3, 0.4) is 0 Å². The van der Waals surface area contributed by atoms with Gasteiger partial charge in [-0.2, -0.15) is 4.40 Å². The summed E-state index contributed by atoms with van der Waals surface area (Å²) in [6.07, 6.45) is 3.75. The molecule has 48 valence electrons. The van der Waals surface area contributed by atoms with Crippen molar-refractivity contribution >= 4 is 29.9 Å². The molecular formula is C3H9N3S2. The van der Waals surface area contributed by atoms with Crippen molar-refractivity contribution in [3.8, 4) is 0 Å². The standard InChI is InChI=1S/C3H9N3S2/c1-7-5-3(4)6-8-2/h1-2H3,(H3,4,5,6). The second kappa shape index (κ2) is 5.11. The minimum absolute atomic E-state index is 0.463. The van der Waals surface area contributed by atoms with Gasteiger partial charge in [-0.1, -0.05) is 11.9 Å². The fourth-order valence-corrected chi connectivity index (χ4v) is 0.776. The van der Waals surface area contributed by atoms with Crippen LogP contribution in [0.1, 0.15) is 0 Å². The summed E-state index contributed by atoms with van der Waals surface area (Å²) in [6, 6.07) is 0. The summed E-state index contributed by atoms with van der Waals surface area (Å²) in [4.78, 5) is 0. The molecule has 8 heavy (non-hydrogen) atoms. The molecule has 0 aromatic carbocycles. The van der Waals surface area contributed by atoms with Gasteiger partial charge in [0, 0.05) is 12.5 Å². The predicted molar refractivity (Wildman–Crippen MR) is 41.8 cm³/mol. The fraction of sp³-hybridized carbons (Fsp3) is 0.667. The van der Waals surface area contributed by atoms with Gasteiger partial charge in [-0.15, -0.1) is 0 Å². The largest absolute Gasteiger partial charge is 0.369 e. The first kappa shape index (κ1) is 7.97. The maximum atomic E-state index is 5.29. The van der Waals surface area contributed by atoms with E-state index in [1.807, 2.05) is 12.5 Å². The van der Waals surface area contributed by atoms with Gasteiger partial charge >= 0.3 is 0 Å². The number of nitrogens with one attached hydrogen (secondary N) is 1. The van der Waals surface area contributed by atoms with Crippen LogP contribution < -0.4 is 10.5 Å². The Morgan fingerprint density at radius 1 is 1.62 bits per heavy atom. The molecule has 0 rings (SSSR count). The molecule has 0 aliphatic heterocycles. The zero-order chi connectivity index (χ0) is 6.41. The van der Waals surface area contributed by atoms with Crippen LogP contribution in [0.5, 0.6) is 0 Å². The molecule has 0 atom stereocenters. The van der Waals surface area contributed by atoms with Crippen LogP contribution in [-0.4, -0.2) is 18.5 Å². The van der Waals surface area contributed by atoms with Crippen LogP contribution in [0.2, 0.25) is 0 Å². The van der Waals surface area contributed by atoms with Crippen molar-refractivity contribution in [1.82, 2.24) is 4.72 Å². The lowest BCUT2D eigenvalue weighted by Gasteiger charge is -1.95. The Kier molecular flexibility index (Phi) is 5.09. The van der Waals surface area contributed by atoms with Crippen LogP contribution in [-0.2, 0) is 0 Å². The molecule has 3 nitrogen and oxygen atoms in total. The van der Waals surface area contributed by atoms with E-state index in [-0.39, 0.29) is 0 Å². The Bertz CT molecular complexity index is 82.6. The topological polar surface area (TPSA) is 50.4 Å². The molecule has 0 bridgehead atoms. The van der Waals surface area contributed by atoms with Crippen LogP contribution in [0.4, 0.5) is 0 Å². The molecule has 0 aromatic heterocycles. The Balaban J connectivity index is 3.29. The third-order valence-electron chi connectivity index (χ3n) is 0.396.